The molecule has 6 heteroatoms. The molecule has 1 atom stereocenters. The Hall–Kier alpha value is -2.47. The van der Waals surface area contributed by atoms with Gasteiger partial charge >= 0.3 is 0 Å². The molecule has 1 aliphatic carbocycles. The van der Waals surface area contributed by atoms with Crippen LogP contribution < -0.4 is 4.90 Å². The first kappa shape index (κ1) is 14.8. The molecule has 1 fully saturated rings. The number of anilines is 1. The molecule has 0 spiro atoms. The van der Waals surface area contributed by atoms with Crippen LogP contribution in [-0.4, -0.2) is 50.9 Å². The number of nitrogens with zero attached hydrogens (tertiary/aromatic N) is 6. The van der Waals surface area contributed by atoms with Crippen LogP contribution in [0.1, 0.15) is 30.0 Å². The van der Waals surface area contributed by atoms with Crippen LogP contribution >= 0.6 is 0 Å². The summed E-state index contributed by atoms with van der Waals surface area (Å²) in [6, 6.07) is 13.6. The van der Waals surface area contributed by atoms with Crippen LogP contribution in [0.4, 0.5) is 5.82 Å². The Labute approximate surface area is 147 Å². The fraction of sp³-hybridized carbons (Fsp3) is 0.421. The molecule has 1 unspecified atom stereocenters. The molecule has 0 amide bonds. The lowest BCUT2D eigenvalue weighted by atomic mass is 9.86. The first-order valence-electron chi connectivity index (χ1n) is 9.12. The van der Waals surface area contributed by atoms with Gasteiger partial charge in [-0.05, 0) is 42.5 Å². The van der Waals surface area contributed by atoms with Crippen molar-refractivity contribution in [3.05, 3.63) is 53.9 Å². The van der Waals surface area contributed by atoms with Crippen molar-refractivity contribution < 1.29 is 0 Å². The van der Waals surface area contributed by atoms with E-state index in [4.69, 9.17) is 0 Å². The highest BCUT2D eigenvalue weighted by molar-refractivity contribution is 5.45. The molecule has 0 bridgehead atoms. The zero-order valence-corrected chi connectivity index (χ0v) is 14.3. The number of piperazine rings is 1. The van der Waals surface area contributed by atoms with Crippen molar-refractivity contribution in [2.45, 2.75) is 25.3 Å². The van der Waals surface area contributed by atoms with Crippen LogP contribution in [0, 0.1) is 0 Å². The summed E-state index contributed by atoms with van der Waals surface area (Å²) < 4.78 is 1.75. The SMILES string of the molecule is c1ccc2c(c1)CCCC2N1CCN(c2ccc3nncn3n2)CC1. The Morgan fingerprint density at radius 3 is 2.76 bits per heavy atom. The number of rotatable bonds is 2. The third kappa shape index (κ3) is 2.66. The minimum absolute atomic E-state index is 0.584. The third-order valence-corrected chi connectivity index (χ3v) is 5.56. The van der Waals surface area contributed by atoms with Crippen LogP contribution in [-0.2, 0) is 6.42 Å². The lowest BCUT2D eigenvalue weighted by Crippen LogP contribution is -2.48. The lowest BCUT2D eigenvalue weighted by molar-refractivity contribution is 0.168. The molecule has 6 nitrogen and oxygen atoms in total. The van der Waals surface area contributed by atoms with Gasteiger partial charge in [-0.25, -0.2) is 0 Å². The molecule has 0 saturated carbocycles. The number of aryl methyl sites for hydroxylation is 1. The van der Waals surface area contributed by atoms with Gasteiger partial charge in [0.2, 0.25) is 0 Å². The van der Waals surface area contributed by atoms with Crippen LogP contribution in [0.25, 0.3) is 5.65 Å². The first-order valence-corrected chi connectivity index (χ1v) is 9.12. The van der Waals surface area contributed by atoms with Crippen molar-refractivity contribution in [2.75, 3.05) is 31.1 Å². The van der Waals surface area contributed by atoms with E-state index < -0.39 is 0 Å². The molecule has 0 N–H and O–H groups in total. The normalized spacial score (nSPS) is 21.4. The molecule has 3 heterocycles. The molecule has 1 aromatic carbocycles. The average molecular weight is 334 g/mol. The molecule has 1 aliphatic heterocycles. The molecule has 1 saturated heterocycles. The Morgan fingerprint density at radius 2 is 1.84 bits per heavy atom. The summed E-state index contributed by atoms with van der Waals surface area (Å²) in [4.78, 5) is 5.02. The maximum absolute atomic E-state index is 4.63. The van der Waals surface area contributed by atoms with Crippen LogP contribution in [0.3, 0.4) is 0 Å². The Balaban J connectivity index is 1.31. The minimum atomic E-state index is 0.584. The molecular weight excluding hydrogens is 312 g/mol. The number of aromatic nitrogens is 4. The van der Waals surface area contributed by atoms with E-state index in [2.05, 4.69) is 55.4 Å². The van der Waals surface area contributed by atoms with Gasteiger partial charge in [-0.1, -0.05) is 24.3 Å². The topological polar surface area (TPSA) is 49.6 Å². The van der Waals surface area contributed by atoms with E-state index >= 15 is 0 Å². The second kappa shape index (κ2) is 6.11. The monoisotopic (exact) mass is 334 g/mol. The number of hydrogen-bond acceptors (Lipinski definition) is 5. The lowest BCUT2D eigenvalue weighted by Gasteiger charge is -2.41. The Bertz CT molecular complexity index is 880. The third-order valence-electron chi connectivity index (χ3n) is 5.56. The van der Waals surface area contributed by atoms with E-state index in [0.29, 0.717) is 6.04 Å². The van der Waals surface area contributed by atoms with Gasteiger partial charge in [0.25, 0.3) is 0 Å². The standard InChI is InChI=1S/C19H22N6/c1-2-6-16-15(4-1)5-3-7-17(16)23-10-12-24(13-11-23)19-9-8-18-21-20-14-25(18)22-19/h1-2,4,6,8-9,14,17H,3,5,7,10-13H2. The highest BCUT2D eigenvalue weighted by atomic mass is 15.4. The molecule has 3 aromatic rings. The van der Waals surface area contributed by atoms with Crippen molar-refractivity contribution >= 4 is 11.5 Å². The number of hydrogen-bond donors (Lipinski definition) is 0. The van der Waals surface area contributed by atoms with Crippen molar-refractivity contribution in [1.29, 1.82) is 0 Å². The van der Waals surface area contributed by atoms with Crippen molar-refractivity contribution in [3.63, 3.8) is 0 Å². The summed E-state index contributed by atoms with van der Waals surface area (Å²) in [5.74, 6) is 1.01. The first-order chi connectivity index (χ1) is 12.4. The summed E-state index contributed by atoms with van der Waals surface area (Å²) in [5, 5.41) is 12.6. The highest BCUT2D eigenvalue weighted by Crippen LogP contribution is 2.34. The Kier molecular flexibility index (Phi) is 3.63. The maximum Gasteiger partial charge on any atom is 0.177 e. The van der Waals surface area contributed by atoms with E-state index in [0.717, 1.165) is 37.6 Å². The van der Waals surface area contributed by atoms with E-state index in [9.17, 15) is 0 Å². The van der Waals surface area contributed by atoms with Crippen molar-refractivity contribution in [2.24, 2.45) is 0 Å². The van der Waals surface area contributed by atoms with Gasteiger partial charge in [0.15, 0.2) is 5.65 Å². The van der Waals surface area contributed by atoms with E-state index in [1.54, 1.807) is 22.0 Å². The quantitative estimate of drug-likeness (QED) is 0.720. The molecular formula is C19H22N6. The molecule has 5 rings (SSSR count). The van der Waals surface area contributed by atoms with Gasteiger partial charge in [0.05, 0.1) is 0 Å². The molecule has 25 heavy (non-hydrogen) atoms. The van der Waals surface area contributed by atoms with Crippen LogP contribution in [0.15, 0.2) is 42.7 Å². The van der Waals surface area contributed by atoms with Crippen LogP contribution in [0.2, 0.25) is 0 Å². The predicted molar refractivity (Wildman–Crippen MR) is 96.7 cm³/mol. The summed E-state index contributed by atoms with van der Waals surface area (Å²) in [6.07, 6.45) is 5.47. The zero-order chi connectivity index (χ0) is 16.6. The molecule has 2 aromatic heterocycles. The summed E-state index contributed by atoms with van der Waals surface area (Å²) in [6.45, 7) is 4.19. The van der Waals surface area contributed by atoms with E-state index in [1.807, 2.05) is 6.07 Å². The smallest absolute Gasteiger partial charge is 0.177 e. The van der Waals surface area contributed by atoms with Gasteiger partial charge in [-0.15, -0.1) is 15.3 Å². The predicted octanol–water partition coefficient (Wildman–Crippen LogP) is 2.32. The fourth-order valence-electron chi connectivity index (χ4n) is 4.26. The van der Waals surface area contributed by atoms with Gasteiger partial charge in [0, 0.05) is 32.2 Å². The summed E-state index contributed by atoms with van der Waals surface area (Å²) >= 11 is 0. The molecule has 0 radical (unpaired) electrons. The zero-order valence-electron chi connectivity index (χ0n) is 14.3. The second-order valence-electron chi connectivity index (χ2n) is 6.96. The maximum atomic E-state index is 4.63. The summed E-state index contributed by atoms with van der Waals surface area (Å²) in [5.41, 5.74) is 3.88. The highest BCUT2D eigenvalue weighted by Gasteiger charge is 2.28. The molecule has 128 valence electrons. The largest absolute Gasteiger partial charge is 0.353 e. The van der Waals surface area contributed by atoms with Crippen molar-refractivity contribution in [1.82, 2.24) is 24.7 Å². The van der Waals surface area contributed by atoms with E-state index in [1.165, 1.54) is 19.3 Å². The van der Waals surface area contributed by atoms with Gasteiger partial charge in [-0.2, -0.15) is 4.52 Å². The van der Waals surface area contributed by atoms with Gasteiger partial charge in [-0.3, -0.25) is 4.90 Å². The number of benzene rings is 1. The summed E-state index contributed by atoms with van der Waals surface area (Å²) in [7, 11) is 0. The van der Waals surface area contributed by atoms with Crippen LogP contribution in [0.5, 0.6) is 0 Å². The fourth-order valence-corrected chi connectivity index (χ4v) is 4.26. The van der Waals surface area contributed by atoms with Crippen molar-refractivity contribution in [3.8, 4) is 0 Å². The molecule has 2 aliphatic rings. The second-order valence-corrected chi connectivity index (χ2v) is 6.96. The number of fused-ring (bicyclic) bond motifs is 2. The van der Waals surface area contributed by atoms with Gasteiger partial charge in [0.1, 0.15) is 12.1 Å². The Morgan fingerprint density at radius 1 is 0.960 bits per heavy atom. The minimum Gasteiger partial charge on any atom is -0.353 e. The average Bonchev–Trinajstić information content (AvgIpc) is 3.15. The van der Waals surface area contributed by atoms with E-state index in [-0.39, 0.29) is 0 Å². The van der Waals surface area contributed by atoms with Gasteiger partial charge < -0.3 is 4.90 Å².